The van der Waals surface area contributed by atoms with Gasteiger partial charge in [-0.3, -0.25) is 0 Å². The molecule has 0 saturated carbocycles. The van der Waals surface area contributed by atoms with E-state index in [9.17, 15) is 4.79 Å². The fourth-order valence-electron chi connectivity index (χ4n) is 3.15. The molecule has 0 radical (unpaired) electrons. The molecule has 0 spiro atoms. The van der Waals surface area contributed by atoms with Gasteiger partial charge in [-0.1, -0.05) is 77.1 Å². The van der Waals surface area contributed by atoms with Gasteiger partial charge in [-0.2, -0.15) is 0 Å². The molecule has 0 aliphatic rings. The maximum Gasteiger partial charge on any atom is 0.343 e. The third kappa shape index (κ3) is 7.58. The molecule has 0 amide bonds. The smallest absolute Gasteiger partial charge is 0.343 e. The molecule has 2 rings (SSSR count). The lowest BCUT2D eigenvalue weighted by atomic mass is 9.99. The minimum Gasteiger partial charge on any atom is -0.423 e. The molecule has 0 heterocycles. The van der Waals surface area contributed by atoms with Crippen LogP contribution in [0.3, 0.4) is 0 Å². The second-order valence-corrected chi connectivity index (χ2v) is 7.61. The first-order valence-electron chi connectivity index (χ1n) is 10.5. The van der Waals surface area contributed by atoms with E-state index < -0.39 is 0 Å². The lowest BCUT2D eigenvalue weighted by Crippen LogP contribution is -2.08. The highest BCUT2D eigenvalue weighted by molar-refractivity contribution is 5.91. The molecule has 2 nitrogen and oxygen atoms in total. The molecule has 1 unspecified atom stereocenters. The molecule has 0 bridgehead atoms. The van der Waals surface area contributed by atoms with Crippen LogP contribution >= 0.6 is 0 Å². The predicted molar refractivity (Wildman–Crippen MR) is 113 cm³/mol. The summed E-state index contributed by atoms with van der Waals surface area (Å²) in [5, 5.41) is 0. The molecule has 0 aliphatic carbocycles. The summed E-state index contributed by atoms with van der Waals surface area (Å²) in [6.07, 6.45) is 9.72. The fraction of sp³-hybridized carbons (Fsp3) is 0.480. The van der Waals surface area contributed by atoms with Crippen molar-refractivity contribution < 1.29 is 9.53 Å². The standard InChI is InChI=1S/C25H34O2/c1-4-6-7-8-9-10-21-11-15-23(16-12-21)25(26)27-24-17-13-22(14-18-24)19-20(3)5-2/h11-18,20H,4-10,19H2,1-3H3. The van der Waals surface area contributed by atoms with Gasteiger partial charge in [0.05, 0.1) is 5.56 Å². The van der Waals surface area contributed by atoms with Gasteiger partial charge >= 0.3 is 5.97 Å². The van der Waals surface area contributed by atoms with E-state index in [4.69, 9.17) is 4.74 Å². The van der Waals surface area contributed by atoms with Gasteiger partial charge in [-0.05, 0) is 60.6 Å². The van der Waals surface area contributed by atoms with Crippen molar-refractivity contribution in [1.82, 2.24) is 0 Å². The molecule has 27 heavy (non-hydrogen) atoms. The van der Waals surface area contributed by atoms with Crippen LogP contribution in [0.4, 0.5) is 0 Å². The monoisotopic (exact) mass is 366 g/mol. The summed E-state index contributed by atoms with van der Waals surface area (Å²) in [5.74, 6) is 0.982. The molecule has 2 heteroatoms. The number of esters is 1. The van der Waals surface area contributed by atoms with Crippen molar-refractivity contribution in [3.8, 4) is 5.75 Å². The lowest BCUT2D eigenvalue weighted by molar-refractivity contribution is 0.0734. The summed E-state index contributed by atoms with van der Waals surface area (Å²) in [4.78, 5) is 12.3. The Bertz CT molecular complexity index is 670. The zero-order chi connectivity index (χ0) is 19.5. The Kier molecular flexibility index (Phi) is 9.10. The lowest BCUT2D eigenvalue weighted by Gasteiger charge is -2.09. The molecule has 0 fully saturated rings. The normalized spacial score (nSPS) is 12.0. The van der Waals surface area contributed by atoms with Crippen molar-refractivity contribution in [2.75, 3.05) is 0 Å². The Morgan fingerprint density at radius 2 is 1.48 bits per heavy atom. The van der Waals surface area contributed by atoms with Crippen LogP contribution in [0.5, 0.6) is 5.75 Å². The first-order valence-corrected chi connectivity index (χ1v) is 10.5. The van der Waals surface area contributed by atoms with Gasteiger partial charge in [0, 0.05) is 0 Å². The van der Waals surface area contributed by atoms with E-state index in [1.165, 1.54) is 49.7 Å². The van der Waals surface area contributed by atoms with E-state index in [0.717, 1.165) is 12.8 Å². The second kappa shape index (κ2) is 11.6. The molecule has 2 aromatic carbocycles. The quantitative estimate of drug-likeness (QED) is 0.243. The van der Waals surface area contributed by atoms with Crippen LogP contribution in [-0.2, 0) is 12.8 Å². The Hall–Kier alpha value is -2.09. The third-order valence-corrected chi connectivity index (χ3v) is 5.17. The molecular weight excluding hydrogens is 332 g/mol. The van der Waals surface area contributed by atoms with Gasteiger partial charge in [-0.25, -0.2) is 4.79 Å². The van der Waals surface area contributed by atoms with E-state index >= 15 is 0 Å². The topological polar surface area (TPSA) is 26.3 Å². The number of hydrogen-bond acceptors (Lipinski definition) is 2. The Morgan fingerprint density at radius 1 is 0.852 bits per heavy atom. The number of aryl methyl sites for hydroxylation is 1. The van der Waals surface area contributed by atoms with Crippen LogP contribution in [0.25, 0.3) is 0 Å². The van der Waals surface area contributed by atoms with Crippen molar-refractivity contribution in [3.05, 3.63) is 65.2 Å². The average Bonchev–Trinajstić information content (AvgIpc) is 2.69. The van der Waals surface area contributed by atoms with Crippen LogP contribution in [-0.4, -0.2) is 5.97 Å². The number of carbonyl (C=O) groups excluding carboxylic acids is 1. The minimum absolute atomic E-state index is 0.292. The molecule has 0 N–H and O–H groups in total. The van der Waals surface area contributed by atoms with Gasteiger partial charge in [0.2, 0.25) is 0 Å². The average molecular weight is 367 g/mol. The Balaban J connectivity index is 1.83. The van der Waals surface area contributed by atoms with E-state index in [2.05, 4.69) is 32.9 Å². The van der Waals surface area contributed by atoms with Crippen LogP contribution in [0.15, 0.2) is 48.5 Å². The second-order valence-electron chi connectivity index (χ2n) is 7.61. The Morgan fingerprint density at radius 3 is 2.11 bits per heavy atom. The summed E-state index contributed by atoms with van der Waals surface area (Å²) < 4.78 is 5.51. The third-order valence-electron chi connectivity index (χ3n) is 5.17. The van der Waals surface area contributed by atoms with E-state index in [1.54, 1.807) is 0 Å². The highest BCUT2D eigenvalue weighted by Gasteiger charge is 2.09. The maximum absolute atomic E-state index is 12.3. The SMILES string of the molecule is CCCCCCCc1ccc(C(=O)Oc2ccc(CC(C)CC)cc2)cc1. The summed E-state index contributed by atoms with van der Waals surface area (Å²) in [6.45, 7) is 6.69. The molecule has 146 valence electrons. The highest BCUT2D eigenvalue weighted by Crippen LogP contribution is 2.18. The Labute approximate surface area is 165 Å². The minimum atomic E-state index is -0.292. The van der Waals surface area contributed by atoms with Crippen molar-refractivity contribution in [2.24, 2.45) is 5.92 Å². The number of benzene rings is 2. The summed E-state index contributed by atoms with van der Waals surface area (Å²) in [5.41, 5.74) is 3.18. The van der Waals surface area contributed by atoms with E-state index in [-0.39, 0.29) is 5.97 Å². The van der Waals surface area contributed by atoms with Crippen LogP contribution in [0, 0.1) is 5.92 Å². The zero-order valence-electron chi connectivity index (χ0n) is 17.2. The van der Waals surface area contributed by atoms with Gasteiger partial charge < -0.3 is 4.74 Å². The first kappa shape index (κ1) is 21.2. The van der Waals surface area contributed by atoms with Gasteiger partial charge in [-0.15, -0.1) is 0 Å². The van der Waals surface area contributed by atoms with Crippen LogP contribution in [0.1, 0.15) is 80.8 Å². The highest BCUT2D eigenvalue weighted by atomic mass is 16.5. The fourth-order valence-corrected chi connectivity index (χ4v) is 3.15. The predicted octanol–water partition coefficient (Wildman–Crippen LogP) is 7.01. The molecule has 0 aliphatic heterocycles. The van der Waals surface area contributed by atoms with Crippen LogP contribution in [0.2, 0.25) is 0 Å². The van der Waals surface area contributed by atoms with Crippen LogP contribution < -0.4 is 4.74 Å². The van der Waals surface area contributed by atoms with Crippen molar-refractivity contribution in [2.45, 2.75) is 72.1 Å². The molecule has 2 aromatic rings. The van der Waals surface area contributed by atoms with Gasteiger partial charge in [0.25, 0.3) is 0 Å². The summed E-state index contributed by atoms with van der Waals surface area (Å²) in [6, 6.07) is 15.7. The molecule has 0 saturated heterocycles. The first-order chi connectivity index (χ1) is 13.1. The van der Waals surface area contributed by atoms with E-state index in [1.807, 2.05) is 36.4 Å². The number of rotatable bonds is 11. The number of hydrogen-bond donors (Lipinski definition) is 0. The molecule has 0 aromatic heterocycles. The summed E-state index contributed by atoms with van der Waals surface area (Å²) >= 11 is 0. The number of unbranched alkanes of at least 4 members (excludes halogenated alkanes) is 4. The van der Waals surface area contributed by atoms with Gasteiger partial charge in [0.15, 0.2) is 0 Å². The number of carbonyl (C=O) groups is 1. The van der Waals surface area contributed by atoms with Crippen molar-refractivity contribution in [3.63, 3.8) is 0 Å². The van der Waals surface area contributed by atoms with Crippen molar-refractivity contribution in [1.29, 1.82) is 0 Å². The number of ether oxygens (including phenoxy) is 1. The molecular formula is C25H34O2. The largest absolute Gasteiger partial charge is 0.423 e. The van der Waals surface area contributed by atoms with E-state index in [0.29, 0.717) is 17.2 Å². The maximum atomic E-state index is 12.3. The van der Waals surface area contributed by atoms with Gasteiger partial charge in [0.1, 0.15) is 5.75 Å². The zero-order valence-corrected chi connectivity index (χ0v) is 17.2. The molecule has 1 atom stereocenters. The summed E-state index contributed by atoms with van der Waals surface area (Å²) in [7, 11) is 0. The van der Waals surface area contributed by atoms with Crippen molar-refractivity contribution >= 4 is 5.97 Å².